The number of nitrogens with zero attached hydrogens (tertiary/aromatic N) is 5. The number of para-hydroxylation sites is 1. The molecular formula is C27H32N8O3. The zero-order chi connectivity index (χ0) is 26.4. The van der Waals surface area contributed by atoms with E-state index in [-0.39, 0.29) is 29.5 Å². The summed E-state index contributed by atoms with van der Waals surface area (Å²) in [7, 11) is 3.62. The Bertz CT molecular complexity index is 1390. The smallest absolute Gasteiger partial charge is 0.273 e. The maximum Gasteiger partial charge on any atom is 0.273 e. The van der Waals surface area contributed by atoms with Gasteiger partial charge in [0.25, 0.3) is 5.91 Å². The molecule has 1 aromatic carbocycles. The highest BCUT2D eigenvalue weighted by atomic mass is 16.5. The van der Waals surface area contributed by atoms with Crippen LogP contribution in [-0.2, 0) is 9.53 Å². The van der Waals surface area contributed by atoms with Crippen LogP contribution < -0.4 is 20.9 Å². The molecule has 0 radical (unpaired) electrons. The van der Waals surface area contributed by atoms with E-state index in [0.717, 1.165) is 61.4 Å². The van der Waals surface area contributed by atoms with E-state index in [4.69, 9.17) is 9.84 Å². The lowest BCUT2D eigenvalue weighted by molar-refractivity contribution is -0.117. The molecule has 2 aromatic heterocycles. The van der Waals surface area contributed by atoms with E-state index in [1.54, 1.807) is 13.1 Å². The fourth-order valence-corrected chi connectivity index (χ4v) is 5.39. The van der Waals surface area contributed by atoms with Crippen molar-refractivity contribution in [2.75, 3.05) is 42.8 Å². The number of ether oxygens (including phenoxy) is 1. The summed E-state index contributed by atoms with van der Waals surface area (Å²) >= 11 is 0. The van der Waals surface area contributed by atoms with E-state index in [9.17, 15) is 9.59 Å². The van der Waals surface area contributed by atoms with Gasteiger partial charge in [-0.05, 0) is 38.7 Å². The predicted octanol–water partition coefficient (Wildman–Crippen LogP) is 3.65. The van der Waals surface area contributed by atoms with Crippen LogP contribution in [0.5, 0.6) is 0 Å². The molecule has 2 aliphatic heterocycles. The minimum Gasteiger partial charge on any atom is -0.381 e. The molecule has 1 atom stereocenters. The van der Waals surface area contributed by atoms with Gasteiger partial charge in [0.05, 0.1) is 41.0 Å². The molecule has 4 heterocycles. The number of amides is 2. The third-order valence-corrected chi connectivity index (χ3v) is 7.73. The zero-order valence-corrected chi connectivity index (χ0v) is 21.8. The highest BCUT2D eigenvalue weighted by Gasteiger charge is 2.34. The van der Waals surface area contributed by atoms with Crippen LogP contribution in [0.2, 0.25) is 0 Å². The maximum atomic E-state index is 12.6. The number of aromatic nitrogens is 4. The Balaban J connectivity index is 1.38. The summed E-state index contributed by atoms with van der Waals surface area (Å²) in [6, 6.07) is 8.14. The van der Waals surface area contributed by atoms with E-state index in [1.807, 2.05) is 18.3 Å². The van der Waals surface area contributed by atoms with Crippen LogP contribution in [0, 0.1) is 5.92 Å². The summed E-state index contributed by atoms with van der Waals surface area (Å²) in [6.07, 6.45) is 5.64. The summed E-state index contributed by atoms with van der Waals surface area (Å²) in [4.78, 5) is 27.2. The lowest BCUT2D eigenvalue weighted by atomic mass is 9.93. The molecule has 3 aliphatic rings. The number of rotatable bonds is 6. The molecule has 198 valence electrons. The maximum absolute atomic E-state index is 12.6. The standard InChI is InChI=1S/C27H32N8O3/c1-15-24-19(14-29-35(24)17-9-11-38-12-10-17)18-5-4-6-20(25(18)34(15)3)30-21-13-22(31-26(36)16-7-8-16)32-33-23(21)27(37)28-2/h4-6,13-17H,7-12H2,1-3H3,(H,28,37)(H2,30,31,32,36). The summed E-state index contributed by atoms with van der Waals surface area (Å²) in [5.74, 6) is -0.104. The van der Waals surface area contributed by atoms with Crippen LogP contribution in [0.15, 0.2) is 30.5 Å². The summed E-state index contributed by atoms with van der Waals surface area (Å²) in [6.45, 7) is 3.70. The lowest BCUT2D eigenvalue weighted by Crippen LogP contribution is -2.31. The van der Waals surface area contributed by atoms with Crippen molar-refractivity contribution < 1.29 is 14.3 Å². The van der Waals surface area contributed by atoms with Gasteiger partial charge in [-0.1, -0.05) is 12.1 Å². The summed E-state index contributed by atoms with van der Waals surface area (Å²) in [5.41, 5.74) is 5.80. The Kier molecular flexibility index (Phi) is 6.22. The first-order valence-corrected chi connectivity index (χ1v) is 13.1. The Morgan fingerprint density at radius 3 is 2.58 bits per heavy atom. The predicted molar refractivity (Wildman–Crippen MR) is 144 cm³/mol. The van der Waals surface area contributed by atoms with Gasteiger partial charge in [0.15, 0.2) is 11.5 Å². The van der Waals surface area contributed by atoms with Gasteiger partial charge in [-0.3, -0.25) is 14.3 Å². The second kappa shape index (κ2) is 9.71. The van der Waals surface area contributed by atoms with Gasteiger partial charge < -0.3 is 25.6 Å². The van der Waals surface area contributed by atoms with Crippen molar-refractivity contribution in [2.45, 2.75) is 44.7 Å². The first-order chi connectivity index (χ1) is 18.5. The first-order valence-electron chi connectivity index (χ1n) is 13.1. The number of fused-ring (bicyclic) bond motifs is 3. The van der Waals surface area contributed by atoms with Gasteiger partial charge >= 0.3 is 0 Å². The molecule has 3 N–H and O–H groups in total. The molecule has 2 fully saturated rings. The van der Waals surface area contributed by atoms with Crippen LogP contribution in [-0.4, -0.2) is 59.1 Å². The lowest BCUT2D eigenvalue weighted by Gasteiger charge is -2.37. The Morgan fingerprint density at radius 1 is 1.05 bits per heavy atom. The number of benzene rings is 1. The highest BCUT2D eigenvalue weighted by Crippen LogP contribution is 2.49. The number of carbonyl (C=O) groups excluding carboxylic acids is 2. The number of hydrogen-bond donors (Lipinski definition) is 3. The van der Waals surface area contributed by atoms with E-state index in [0.29, 0.717) is 17.5 Å². The fourth-order valence-electron chi connectivity index (χ4n) is 5.39. The third kappa shape index (κ3) is 4.26. The topological polar surface area (TPSA) is 126 Å². The van der Waals surface area contributed by atoms with Crippen molar-refractivity contribution in [1.82, 2.24) is 25.3 Å². The van der Waals surface area contributed by atoms with Gasteiger partial charge in [-0.15, -0.1) is 10.2 Å². The van der Waals surface area contributed by atoms with E-state index < -0.39 is 0 Å². The van der Waals surface area contributed by atoms with Crippen molar-refractivity contribution in [1.29, 1.82) is 0 Å². The monoisotopic (exact) mass is 516 g/mol. The zero-order valence-electron chi connectivity index (χ0n) is 21.8. The van der Waals surface area contributed by atoms with Gasteiger partial charge in [-0.2, -0.15) is 5.10 Å². The summed E-state index contributed by atoms with van der Waals surface area (Å²) in [5, 5.41) is 21.9. The molecule has 1 aliphatic carbocycles. The van der Waals surface area contributed by atoms with Crippen LogP contribution in [0.4, 0.5) is 22.9 Å². The average Bonchev–Trinajstić information content (AvgIpc) is 3.70. The number of nitrogens with one attached hydrogen (secondary N) is 3. The van der Waals surface area contributed by atoms with Crippen molar-refractivity contribution in [3.05, 3.63) is 41.9 Å². The molecule has 1 unspecified atom stereocenters. The van der Waals surface area contributed by atoms with Crippen molar-refractivity contribution in [2.24, 2.45) is 5.92 Å². The fraction of sp³-hybridized carbons (Fsp3) is 0.444. The summed E-state index contributed by atoms with van der Waals surface area (Å²) < 4.78 is 7.76. The minimum absolute atomic E-state index is 0.0272. The second-order valence-corrected chi connectivity index (χ2v) is 10.2. The van der Waals surface area contributed by atoms with E-state index in [1.165, 1.54) is 5.69 Å². The largest absolute Gasteiger partial charge is 0.381 e. The molecule has 3 aromatic rings. The molecule has 11 nitrogen and oxygen atoms in total. The molecule has 6 rings (SSSR count). The number of anilines is 4. The van der Waals surface area contributed by atoms with Gasteiger partial charge in [0.2, 0.25) is 5.91 Å². The molecule has 1 saturated heterocycles. The Labute approximate surface area is 220 Å². The molecule has 0 spiro atoms. The number of hydrogen-bond acceptors (Lipinski definition) is 8. The molecule has 2 amide bonds. The molecular weight excluding hydrogens is 484 g/mol. The Morgan fingerprint density at radius 2 is 1.84 bits per heavy atom. The van der Waals surface area contributed by atoms with Crippen molar-refractivity contribution in [3.63, 3.8) is 0 Å². The highest BCUT2D eigenvalue weighted by molar-refractivity contribution is 6.01. The van der Waals surface area contributed by atoms with Crippen LogP contribution in [0.25, 0.3) is 11.1 Å². The second-order valence-electron chi connectivity index (χ2n) is 10.2. The SMILES string of the molecule is CNC(=O)c1nnc(NC(=O)C2CC2)cc1Nc1cccc2c1N(C)C(C)c1c-2cnn1C1CCOCC1. The van der Waals surface area contributed by atoms with E-state index >= 15 is 0 Å². The number of carbonyl (C=O) groups is 2. The van der Waals surface area contributed by atoms with Crippen LogP contribution >= 0.6 is 0 Å². The van der Waals surface area contributed by atoms with Crippen LogP contribution in [0.3, 0.4) is 0 Å². The van der Waals surface area contributed by atoms with Crippen molar-refractivity contribution in [3.8, 4) is 11.1 Å². The quantitative estimate of drug-likeness (QED) is 0.453. The Hall–Kier alpha value is -3.99. The normalized spacial score (nSPS) is 18.9. The van der Waals surface area contributed by atoms with Crippen molar-refractivity contribution >= 4 is 34.7 Å². The molecule has 38 heavy (non-hydrogen) atoms. The van der Waals surface area contributed by atoms with Gasteiger partial charge in [0, 0.05) is 50.4 Å². The van der Waals surface area contributed by atoms with Crippen LogP contribution in [0.1, 0.15) is 60.9 Å². The first kappa shape index (κ1) is 24.4. The molecule has 0 bridgehead atoms. The van der Waals surface area contributed by atoms with E-state index in [2.05, 4.69) is 55.8 Å². The van der Waals surface area contributed by atoms with Gasteiger partial charge in [0.1, 0.15) is 0 Å². The average molecular weight is 517 g/mol. The minimum atomic E-state index is -0.369. The third-order valence-electron chi connectivity index (χ3n) is 7.73. The molecule has 1 saturated carbocycles. The van der Waals surface area contributed by atoms with Gasteiger partial charge in [-0.25, -0.2) is 0 Å². The molecule has 11 heteroatoms.